The maximum absolute atomic E-state index is 13.9. The normalized spacial score (nSPS) is 12.3. The van der Waals surface area contributed by atoms with E-state index in [4.69, 9.17) is 4.98 Å². The fraction of sp³-hybridized carbons (Fsp3) is 0.280. The van der Waals surface area contributed by atoms with E-state index in [1.54, 1.807) is 15.8 Å². The maximum atomic E-state index is 13.9. The Morgan fingerprint density at radius 1 is 1.03 bits per heavy atom. The van der Waals surface area contributed by atoms with Crippen LogP contribution >= 0.6 is 0 Å². The van der Waals surface area contributed by atoms with Crippen molar-refractivity contribution in [1.82, 2.24) is 24.6 Å². The molecule has 0 bridgehead atoms. The minimum atomic E-state index is -0.308. The second kappa shape index (κ2) is 8.30. The monoisotopic (exact) mass is 413 g/mol. The van der Waals surface area contributed by atoms with Crippen molar-refractivity contribution in [3.05, 3.63) is 89.0 Å². The largest absolute Gasteiger partial charge is 0.329 e. The van der Waals surface area contributed by atoms with Gasteiger partial charge in [-0.3, -0.25) is 14.5 Å². The summed E-state index contributed by atoms with van der Waals surface area (Å²) in [6.45, 7) is 6.08. The van der Waals surface area contributed by atoms with Gasteiger partial charge in [0.2, 0.25) is 0 Å². The number of hydrogen-bond donors (Lipinski definition) is 0. The van der Waals surface area contributed by atoms with Crippen LogP contribution in [0.5, 0.6) is 0 Å². The van der Waals surface area contributed by atoms with Crippen molar-refractivity contribution in [2.45, 2.75) is 32.7 Å². The van der Waals surface area contributed by atoms with E-state index in [9.17, 15) is 4.79 Å². The summed E-state index contributed by atoms with van der Waals surface area (Å²) < 4.78 is 1.75. The molecule has 0 fully saturated rings. The molecule has 3 heterocycles. The highest BCUT2D eigenvalue weighted by Crippen LogP contribution is 2.31. The van der Waals surface area contributed by atoms with E-state index < -0.39 is 0 Å². The molecule has 3 aromatic heterocycles. The van der Waals surface area contributed by atoms with Crippen molar-refractivity contribution >= 4 is 16.9 Å². The second-order valence-electron chi connectivity index (χ2n) is 8.14. The van der Waals surface area contributed by atoms with Gasteiger partial charge in [0, 0.05) is 26.0 Å². The topological polar surface area (TPSA) is 63.9 Å². The number of aromatic nitrogens is 4. The van der Waals surface area contributed by atoms with Gasteiger partial charge in [0.1, 0.15) is 0 Å². The summed E-state index contributed by atoms with van der Waals surface area (Å²) >= 11 is 0. The lowest BCUT2D eigenvalue weighted by atomic mass is 9.99. The Hall–Kier alpha value is -3.54. The van der Waals surface area contributed by atoms with Crippen molar-refractivity contribution in [3.63, 3.8) is 0 Å². The summed E-state index contributed by atoms with van der Waals surface area (Å²) in [6, 6.07) is 17.4. The van der Waals surface area contributed by atoms with Gasteiger partial charge >= 0.3 is 0 Å². The molecular formula is C25H27N5O. The van der Waals surface area contributed by atoms with Crippen molar-refractivity contribution in [1.29, 1.82) is 0 Å². The summed E-state index contributed by atoms with van der Waals surface area (Å²) in [5.74, 6) is 0.113. The van der Waals surface area contributed by atoms with Gasteiger partial charge in [-0.1, -0.05) is 50.2 Å². The van der Waals surface area contributed by atoms with Gasteiger partial charge in [-0.2, -0.15) is 5.10 Å². The smallest absolute Gasteiger partial charge is 0.255 e. The molecule has 4 rings (SSSR count). The molecule has 0 spiro atoms. The summed E-state index contributed by atoms with van der Waals surface area (Å²) in [6.07, 6.45) is 1.76. The molecule has 6 heteroatoms. The van der Waals surface area contributed by atoms with E-state index >= 15 is 0 Å². The second-order valence-corrected chi connectivity index (χ2v) is 8.14. The Balaban J connectivity index is 1.87. The van der Waals surface area contributed by atoms with Crippen molar-refractivity contribution < 1.29 is 4.79 Å². The van der Waals surface area contributed by atoms with Crippen molar-refractivity contribution in [3.8, 4) is 0 Å². The van der Waals surface area contributed by atoms with Crippen molar-refractivity contribution in [2.75, 3.05) is 7.05 Å². The first-order valence-electron chi connectivity index (χ1n) is 10.5. The molecule has 1 aromatic carbocycles. The van der Waals surface area contributed by atoms with Crippen LogP contribution < -0.4 is 0 Å². The Morgan fingerprint density at radius 3 is 2.39 bits per heavy atom. The van der Waals surface area contributed by atoms with Gasteiger partial charge in [0.25, 0.3) is 5.91 Å². The zero-order valence-electron chi connectivity index (χ0n) is 18.6. The molecule has 31 heavy (non-hydrogen) atoms. The summed E-state index contributed by atoms with van der Waals surface area (Å²) in [5.41, 5.74) is 4.86. The number of hydrogen-bond acceptors (Lipinski definition) is 4. The molecule has 0 aliphatic carbocycles. The van der Waals surface area contributed by atoms with Gasteiger partial charge in [-0.15, -0.1) is 0 Å². The lowest BCUT2D eigenvalue weighted by Crippen LogP contribution is -2.33. The van der Waals surface area contributed by atoms with Crippen LogP contribution in [0, 0.1) is 6.92 Å². The van der Waals surface area contributed by atoms with Crippen LogP contribution in [0.2, 0.25) is 0 Å². The number of carbonyl (C=O) groups excluding carboxylic acids is 1. The highest BCUT2D eigenvalue weighted by atomic mass is 16.2. The number of nitrogens with zero attached hydrogens (tertiary/aromatic N) is 5. The van der Waals surface area contributed by atoms with Crippen LogP contribution in [0.1, 0.15) is 58.8 Å². The number of amides is 1. The van der Waals surface area contributed by atoms with Gasteiger partial charge < -0.3 is 4.90 Å². The number of aryl methyl sites for hydroxylation is 2. The minimum absolute atomic E-state index is 0.0788. The zero-order chi connectivity index (χ0) is 22.1. The van der Waals surface area contributed by atoms with E-state index in [-0.39, 0.29) is 17.9 Å². The molecule has 1 amide bonds. The van der Waals surface area contributed by atoms with Crippen LogP contribution in [0.15, 0.2) is 60.8 Å². The zero-order valence-corrected chi connectivity index (χ0v) is 18.6. The molecule has 158 valence electrons. The molecule has 6 nitrogen and oxygen atoms in total. The predicted octanol–water partition coefficient (Wildman–Crippen LogP) is 4.66. The highest BCUT2D eigenvalue weighted by Gasteiger charge is 2.28. The number of fused-ring (bicyclic) bond motifs is 1. The van der Waals surface area contributed by atoms with Crippen LogP contribution in [-0.4, -0.2) is 37.6 Å². The Morgan fingerprint density at radius 2 is 1.74 bits per heavy atom. The van der Waals surface area contributed by atoms with E-state index in [2.05, 4.69) is 23.9 Å². The molecule has 0 saturated heterocycles. The standard InChI is InChI=1S/C25H27N5O/c1-16(2)21-15-19(22-17(3)28-30(5)24(22)27-21)25(31)29(4)23(18-11-7-6-8-12-18)20-13-9-10-14-26-20/h6-16,23H,1-5H3/t23-/m1/s1. The lowest BCUT2D eigenvalue weighted by Gasteiger charge is -2.29. The van der Waals surface area contributed by atoms with Crippen LogP contribution in [-0.2, 0) is 7.05 Å². The first-order chi connectivity index (χ1) is 14.9. The highest BCUT2D eigenvalue weighted by molar-refractivity contribution is 6.06. The van der Waals surface area contributed by atoms with Crippen LogP contribution in [0.3, 0.4) is 0 Å². The summed E-state index contributed by atoms with van der Waals surface area (Å²) in [7, 11) is 3.70. The van der Waals surface area contributed by atoms with E-state index in [0.29, 0.717) is 5.56 Å². The molecular weight excluding hydrogens is 386 g/mol. The first-order valence-corrected chi connectivity index (χ1v) is 10.5. The van der Waals surface area contributed by atoms with Crippen molar-refractivity contribution in [2.24, 2.45) is 7.05 Å². The maximum Gasteiger partial charge on any atom is 0.255 e. The Kier molecular flexibility index (Phi) is 5.55. The molecule has 1 atom stereocenters. The first kappa shape index (κ1) is 20.7. The predicted molar refractivity (Wildman–Crippen MR) is 122 cm³/mol. The summed E-state index contributed by atoms with van der Waals surface area (Å²) in [5, 5.41) is 5.33. The fourth-order valence-corrected chi connectivity index (χ4v) is 4.00. The van der Waals surface area contributed by atoms with Gasteiger partial charge in [0.05, 0.1) is 28.4 Å². The number of rotatable bonds is 5. The summed E-state index contributed by atoms with van der Waals surface area (Å²) in [4.78, 5) is 25.0. The van der Waals surface area contributed by atoms with Gasteiger partial charge in [-0.25, -0.2) is 4.98 Å². The average Bonchev–Trinajstić information content (AvgIpc) is 3.07. The third-order valence-electron chi connectivity index (χ3n) is 5.60. The quantitative estimate of drug-likeness (QED) is 0.477. The molecule has 0 radical (unpaired) electrons. The Labute approximate surface area is 182 Å². The fourth-order valence-electron chi connectivity index (χ4n) is 4.00. The molecule has 4 aromatic rings. The minimum Gasteiger partial charge on any atom is -0.329 e. The van der Waals surface area contributed by atoms with Gasteiger partial charge in [-0.05, 0) is 36.6 Å². The number of pyridine rings is 2. The van der Waals surface area contributed by atoms with Gasteiger partial charge in [0.15, 0.2) is 5.65 Å². The molecule has 0 N–H and O–H groups in total. The van der Waals surface area contributed by atoms with E-state index in [1.807, 2.05) is 75.6 Å². The Bertz CT molecular complexity index is 1180. The molecule has 0 saturated carbocycles. The van der Waals surface area contributed by atoms with Crippen LogP contribution in [0.25, 0.3) is 11.0 Å². The third-order valence-corrected chi connectivity index (χ3v) is 5.60. The van der Waals surface area contributed by atoms with Crippen LogP contribution in [0.4, 0.5) is 0 Å². The average molecular weight is 414 g/mol. The SMILES string of the molecule is Cc1nn(C)c2nc(C(C)C)cc(C(=O)N(C)[C@H](c3ccccc3)c3ccccn3)c12. The van der Waals surface area contributed by atoms with E-state index in [0.717, 1.165) is 33.7 Å². The number of benzene rings is 1. The third kappa shape index (κ3) is 3.81. The molecule has 0 aliphatic rings. The molecule has 0 aliphatic heterocycles. The molecule has 0 unspecified atom stereocenters. The lowest BCUT2D eigenvalue weighted by molar-refractivity contribution is 0.0754. The van der Waals surface area contributed by atoms with E-state index in [1.165, 1.54) is 0 Å². The number of carbonyl (C=O) groups is 1.